The number of cyclic esters (lactones) is 2. The Balaban J connectivity index is 1.11. The molecule has 7 fully saturated rings. The van der Waals surface area contributed by atoms with Crippen LogP contribution in [0.25, 0.3) is 0 Å². The molecule has 2 aliphatic carbocycles. The standard InChI is InChI=1S/C36H50N2O10/c1-32(2)27-26(41)28(42)34(4)23(35(27)17-45-25(40)14-24(35)47-32)9-11-33(3)29(46-31(43)30-36(33,34)48-30)21-10-12-44-22(21)13-19(16-39)7-5-6-8-20-15-37-18-38-20/h10,12,19-20,23-24,27-30,37-39,42H,5-9,11,13-18H2,1-4H3. The van der Waals surface area contributed by atoms with Crippen molar-refractivity contribution in [2.24, 2.45) is 34.0 Å². The number of ether oxygens (including phenoxy) is 4. The molecule has 0 radical (unpaired) electrons. The van der Waals surface area contributed by atoms with Crippen LogP contribution in [-0.2, 0) is 39.8 Å². The number of rotatable bonds is 9. The molecule has 48 heavy (non-hydrogen) atoms. The van der Waals surface area contributed by atoms with Crippen LogP contribution in [0.3, 0.4) is 0 Å². The summed E-state index contributed by atoms with van der Waals surface area (Å²) in [6, 6.07) is 2.33. The average Bonchev–Trinajstić information content (AvgIpc) is 3.29. The Bertz CT molecular complexity index is 1490. The lowest BCUT2D eigenvalue weighted by atomic mass is 9.36. The fraction of sp³-hybridized carbons (Fsp3) is 0.806. The molecule has 1 aromatic heterocycles. The number of unbranched alkanes of at least 4 members (excludes halogenated alkanes) is 1. The molecular formula is C36H50N2O10. The molecular weight excluding hydrogens is 620 g/mol. The van der Waals surface area contributed by atoms with Gasteiger partial charge < -0.3 is 44.2 Å². The van der Waals surface area contributed by atoms with Crippen LogP contribution in [-0.4, -0.2) is 89.9 Å². The first kappa shape index (κ1) is 32.8. The third-order valence-corrected chi connectivity index (χ3v) is 14.0. The molecule has 4 N–H and O–H groups in total. The SMILES string of the molecule is CC1(C)OC2CC(=O)OCC23C1C(=O)C(O)C1(C)C3CCC2(C)C(c3ccoc3CC(CO)CCCCC3CNCN3)OC(=O)C3OC321. The Labute approximate surface area is 280 Å². The van der Waals surface area contributed by atoms with E-state index in [1.807, 2.05) is 33.8 Å². The maximum atomic E-state index is 14.4. The average molecular weight is 671 g/mol. The Kier molecular flexibility index (Phi) is 7.57. The van der Waals surface area contributed by atoms with Crippen LogP contribution in [0.5, 0.6) is 0 Å². The number of nitrogens with one attached hydrogen (secondary N) is 2. The van der Waals surface area contributed by atoms with Gasteiger partial charge in [0.1, 0.15) is 30.2 Å². The molecule has 12 atom stereocenters. The molecule has 0 bridgehead atoms. The number of carbonyl (C=O) groups is 3. The number of furan rings is 1. The van der Waals surface area contributed by atoms with Crippen LogP contribution < -0.4 is 10.6 Å². The van der Waals surface area contributed by atoms with Crippen molar-refractivity contribution in [3.63, 3.8) is 0 Å². The Morgan fingerprint density at radius 3 is 2.65 bits per heavy atom. The normalized spacial score (nSPS) is 46.0. The van der Waals surface area contributed by atoms with Gasteiger partial charge in [0.2, 0.25) is 0 Å². The van der Waals surface area contributed by atoms with Gasteiger partial charge in [-0.3, -0.25) is 9.59 Å². The van der Waals surface area contributed by atoms with Crippen molar-refractivity contribution in [3.8, 4) is 0 Å². The van der Waals surface area contributed by atoms with Crippen molar-refractivity contribution in [1.29, 1.82) is 0 Å². The van der Waals surface area contributed by atoms with E-state index >= 15 is 0 Å². The van der Waals surface area contributed by atoms with Crippen LogP contribution in [0, 0.1) is 34.0 Å². The van der Waals surface area contributed by atoms with E-state index in [9.17, 15) is 24.6 Å². The van der Waals surface area contributed by atoms with Crippen LogP contribution in [0.4, 0.5) is 0 Å². The van der Waals surface area contributed by atoms with Crippen LogP contribution in [0.15, 0.2) is 16.7 Å². The second-order valence-corrected chi connectivity index (χ2v) is 16.6. The molecule has 12 unspecified atom stereocenters. The summed E-state index contributed by atoms with van der Waals surface area (Å²) in [5.41, 5.74) is -4.23. The van der Waals surface area contributed by atoms with Gasteiger partial charge in [0.05, 0.1) is 30.3 Å². The van der Waals surface area contributed by atoms with E-state index in [1.165, 1.54) is 0 Å². The van der Waals surface area contributed by atoms with Crippen LogP contribution in [0.1, 0.15) is 90.1 Å². The summed E-state index contributed by atoms with van der Waals surface area (Å²) in [4.78, 5) is 40.8. The van der Waals surface area contributed by atoms with Gasteiger partial charge in [-0.15, -0.1) is 0 Å². The summed E-state index contributed by atoms with van der Waals surface area (Å²) >= 11 is 0. The van der Waals surface area contributed by atoms with Crippen molar-refractivity contribution in [2.45, 2.75) is 121 Å². The minimum atomic E-state index is -1.42. The minimum Gasteiger partial charge on any atom is -0.469 e. The van der Waals surface area contributed by atoms with Gasteiger partial charge in [-0.1, -0.05) is 26.7 Å². The highest BCUT2D eigenvalue weighted by Crippen LogP contribution is 2.80. The molecule has 12 nitrogen and oxygen atoms in total. The molecule has 5 saturated heterocycles. The lowest BCUT2D eigenvalue weighted by Gasteiger charge is -2.66. The highest BCUT2D eigenvalue weighted by atomic mass is 16.7. The number of hydrogen-bond acceptors (Lipinski definition) is 12. The second kappa shape index (κ2) is 11.1. The first-order chi connectivity index (χ1) is 22.8. The number of aliphatic hydroxyl groups is 2. The quantitative estimate of drug-likeness (QED) is 0.172. The third kappa shape index (κ3) is 4.19. The summed E-state index contributed by atoms with van der Waals surface area (Å²) in [6.45, 7) is 9.53. The molecule has 12 heteroatoms. The highest BCUT2D eigenvalue weighted by Gasteiger charge is 2.90. The zero-order chi connectivity index (χ0) is 33.9. The number of epoxide rings is 1. The molecule has 2 spiro atoms. The predicted molar refractivity (Wildman–Crippen MR) is 168 cm³/mol. The smallest absolute Gasteiger partial charge is 0.339 e. The van der Waals surface area contributed by atoms with Crippen molar-refractivity contribution in [3.05, 3.63) is 23.7 Å². The number of Topliss-reactive ketones (excluding diaryl/α,β-unsaturated/α-hetero) is 1. The molecule has 264 valence electrons. The van der Waals surface area contributed by atoms with E-state index in [0.717, 1.165) is 44.5 Å². The monoisotopic (exact) mass is 670 g/mol. The number of ketones is 1. The van der Waals surface area contributed by atoms with Gasteiger partial charge in [0.15, 0.2) is 11.9 Å². The van der Waals surface area contributed by atoms with Gasteiger partial charge in [-0.2, -0.15) is 0 Å². The molecule has 8 rings (SSSR count). The van der Waals surface area contributed by atoms with Gasteiger partial charge in [0, 0.05) is 54.1 Å². The van der Waals surface area contributed by atoms with E-state index in [-0.39, 0.29) is 43.2 Å². The Morgan fingerprint density at radius 2 is 1.90 bits per heavy atom. The van der Waals surface area contributed by atoms with Crippen LogP contribution in [0.2, 0.25) is 0 Å². The molecule has 6 heterocycles. The lowest BCUT2D eigenvalue weighted by Crippen LogP contribution is -2.76. The largest absolute Gasteiger partial charge is 0.469 e. The lowest BCUT2D eigenvalue weighted by molar-refractivity contribution is -0.252. The van der Waals surface area contributed by atoms with E-state index < -0.39 is 63.8 Å². The number of carbonyl (C=O) groups excluding carboxylic acids is 3. The fourth-order valence-corrected chi connectivity index (χ4v) is 11.9. The van der Waals surface area contributed by atoms with Crippen molar-refractivity contribution in [2.75, 3.05) is 26.4 Å². The number of hydrogen-bond donors (Lipinski definition) is 4. The predicted octanol–water partition coefficient (Wildman–Crippen LogP) is 2.34. The van der Waals surface area contributed by atoms with Crippen molar-refractivity contribution in [1.82, 2.24) is 10.6 Å². The zero-order valence-corrected chi connectivity index (χ0v) is 28.4. The summed E-state index contributed by atoms with van der Waals surface area (Å²) in [5, 5.41) is 29.3. The number of fused-ring (bicyclic) bond motifs is 1. The maximum absolute atomic E-state index is 14.4. The summed E-state index contributed by atoms with van der Waals surface area (Å²) in [5.74, 6) is -1.59. The van der Waals surface area contributed by atoms with Gasteiger partial charge >= 0.3 is 11.9 Å². The minimum absolute atomic E-state index is 0.0156. The molecule has 1 aromatic rings. The Morgan fingerprint density at radius 1 is 1.08 bits per heavy atom. The zero-order valence-electron chi connectivity index (χ0n) is 28.4. The van der Waals surface area contributed by atoms with E-state index in [2.05, 4.69) is 10.6 Å². The van der Waals surface area contributed by atoms with Gasteiger partial charge in [-0.25, -0.2) is 4.79 Å². The van der Waals surface area contributed by atoms with Crippen molar-refractivity contribution < 1.29 is 48.0 Å². The fourth-order valence-electron chi connectivity index (χ4n) is 11.9. The molecule has 7 aliphatic rings. The van der Waals surface area contributed by atoms with Crippen LogP contribution >= 0.6 is 0 Å². The second-order valence-electron chi connectivity index (χ2n) is 16.6. The summed E-state index contributed by atoms with van der Waals surface area (Å²) in [7, 11) is 0. The third-order valence-electron chi connectivity index (χ3n) is 14.0. The summed E-state index contributed by atoms with van der Waals surface area (Å²) in [6.07, 6.45) is 3.62. The van der Waals surface area contributed by atoms with E-state index in [1.54, 1.807) is 6.26 Å². The number of aliphatic hydroxyl groups excluding tert-OH is 2. The molecule has 0 aromatic carbocycles. The van der Waals surface area contributed by atoms with E-state index in [0.29, 0.717) is 31.1 Å². The first-order valence-corrected chi connectivity index (χ1v) is 17.9. The summed E-state index contributed by atoms with van der Waals surface area (Å²) < 4.78 is 31.0. The van der Waals surface area contributed by atoms with Crippen molar-refractivity contribution >= 4 is 17.7 Å². The maximum Gasteiger partial charge on any atom is 0.339 e. The topological polar surface area (TPSA) is 169 Å². The van der Waals surface area contributed by atoms with Gasteiger partial charge in [-0.05, 0) is 57.4 Å². The molecule has 5 aliphatic heterocycles. The first-order valence-electron chi connectivity index (χ1n) is 17.9. The number of esters is 2. The Hall–Kier alpha value is -2.35. The highest BCUT2D eigenvalue weighted by molar-refractivity contribution is 5.92. The van der Waals surface area contributed by atoms with E-state index in [4.69, 9.17) is 23.4 Å². The van der Waals surface area contributed by atoms with Gasteiger partial charge in [0.25, 0.3) is 0 Å². The molecule has 0 amide bonds. The molecule has 2 saturated carbocycles.